The van der Waals surface area contributed by atoms with Gasteiger partial charge < -0.3 is 5.43 Å². The molecule has 0 unspecified atom stereocenters. The molecule has 1 aromatic rings. The Morgan fingerprint density at radius 3 is 3.15 bits per heavy atom. The van der Waals surface area contributed by atoms with Gasteiger partial charge in [0.15, 0.2) is 0 Å². The molecule has 6 heteroatoms. The van der Waals surface area contributed by atoms with E-state index in [-0.39, 0.29) is 0 Å². The predicted molar refractivity (Wildman–Crippen MR) is 48.9 cm³/mol. The standard InChI is InChI=1S/C7H8ClN5/c8-6-2-1-5-4-13(11-9)12-10-7(5)3-6/h1-3,9-10,12H,4H2. The van der Waals surface area contributed by atoms with Crippen molar-refractivity contribution >= 4 is 17.3 Å². The Morgan fingerprint density at radius 2 is 2.38 bits per heavy atom. The lowest BCUT2D eigenvalue weighted by Crippen LogP contribution is -2.41. The zero-order chi connectivity index (χ0) is 9.26. The van der Waals surface area contributed by atoms with E-state index in [0.29, 0.717) is 11.6 Å². The van der Waals surface area contributed by atoms with Gasteiger partial charge in [-0.05, 0) is 17.7 Å². The third kappa shape index (κ3) is 1.56. The Balaban J connectivity index is 2.31. The number of nitrogens with zero attached hydrogens (tertiary/aromatic N) is 2. The molecular formula is C7H8ClN5. The second-order valence-corrected chi connectivity index (χ2v) is 3.13. The quantitative estimate of drug-likeness (QED) is 0.603. The molecule has 0 aromatic heterocycles. The normalized spacial score (nSPS) is 14.7. The van der Waals surface area contributed by atoms with E-state index >= 15 is 0 Å². The monoisotopic (exact) mass is 197 g/mol. The summed E-state index contributed by atoms with van der Waals surface area (Å²) >= 11 is 5.81. The number of hydrogen-bond acceptors (Lipinski definition) is 4. The van der Waals surface area contributed by atoms with Gasteiger partial charge >= 0.3 is 0 Å². The van der Waals surface area contributed by atoms with E-state index in [9.17, 15) is 0 Å². The zero-order valence-electron chi connectivity index (χ0n) is 6.71. The summed E-state index contributed by atoms with van der Waals surface area (Å²) < 4.78 is 0. The van der Waals surface area contributed by atoms with Crippen LogP contribution in [0.3, 0.4) is 0 Å². The summed E-state index contributed by atoms with van der Waals surface area (Å²) in [6, 6.07) is 5.55. The number of hydrogen-bond donors (Lipinski definition) is 3. The first-order chi connectivity index (χ1) is 6.29. The minimum atomic E-state index is 0.559. The SMILES string of the molecule is N=NN1Cc2ccc(Cl)cc2NN1. The molecule has 0 atom stereocenters. The van der Waals surface area contributed by atoms with Crippen molar-refractivity contribution in [3.05, 3.63) is 28.8 Å². The van der Waals surface area contributed by atoms with Crippen molar-refractivity contribution in [2.24, 2.45) is 5.22 Å². The molecule has 1 aromatic carbocycles. The van der Waals surface area contributed by atoms with Crippen LogP contribution in [-0.2, 0) is 6.54 Å². The maximum Gasteiger partial charge on any atom is 0.0839 e. The lowest BCUT2D eigenvalue weighted by atomic mass is 10.2. The van der Waals surface area contributed by atoms with Crippen LogP contribution in [0.1, 0.15) is 5.56 Å². The minimum Gasteiger partial charge on any atom is -0.302 e. The molecule has 3 N–H and O–H groups in total. The molecule has 1 aliphatic heterocycles. The van der Waals surface area contributed by atoms with Crippen LogP contribution in [0.15, 0.2) is 23.4 Å². The molecule has 0 bridgehead atoms. The summed E-state index contributed by atoms with van der Waals surface area (Å²) in [5.74, 6) is 0. The Kier molecular flexibility index (Phi) is 2.03. The molecule has 0 fully saturated rings. The molecule has 0 saturated carbocycles. The summed E-state index contributed by atoms with van der Waals surface area (Å²) in [6.07, 6.45) is 0. The average molecular weight is 198 g/mol. The summed E-state index contributed by atoms with van der Waals surface area (Å²) in [6.45, 7) is 0.559. The molecule has 0 aliphatic carbocycles. The van der Waals surface area contributed by atoms with Gasteiger partial charge in [0.25, 0.3) is 0 Å². The summed E-state index contributed by atoms with van der Waals surface area (Å²) in [5.41, 5.74) is 14.4. The first kappa shape index (κ1) is 8.28. The van der Waals surface area contributed by atoms with Gasteiger partial charge in [-0.2, -0.15) is 10.6 Å². The smallest absolute Gasteiger partial charge is 0.0839 e. The van der Waals surface area contributed by atoms with Gasteiger partial charge in [0, 0.05) is 5.02 Å². The molecule has 5 nitrogen and oxygen atoms in total. The maximum atomic E-state index is 6.80. The van der Waals surface area contributed by atoms with Crippen LogP contribution in [-0.4, -0.2) is 5.12 Å². The van der Waals surface area contributed by atoms with Crippen molar-refractivity contribution in [2.75, 3.05) is 5.43 Å². The van der Waals surface area contributed by atoms with E-state index < -0.39 is 0 Å². The van der Waals surface area contributed by atoms with Gasteiger partial charge in [-0.15, -0.1) is 5.53 Å². The Hall–Kier alpha value is -1.33. The first-order valence-corrected chi connectivity index (χ1v) is 4.12. The fourth-order valence-electron chi connectivity index (χ4n) is 1.19. The molecule has 1 heterocycles. The summed E-state index contributed by atoms with van der Waals surface area (Å²) in [5, 5.41) is 5.32. The van der Waals surface area contributed by atoms with Crippen LogP contribution < -0.4 is 11.0 Å². The zero-order valence-corrected chi connectivity index (χ0v) is 7.47. The van der Waals surface area contributed by atoms with E-state index in [4.69, 9.17) is 17.1 Å². The Morgan fingerprint density at radius 1 is 1.54 bits per heavy atom. The summed E-state index contributed by atoms with van der Waals surface area (Å²) in [4.78, 5) is 0. The van der Waals surface area contributed by atoms with Gasteiger partial charge in [0.1, 0.15) is 0 Å². The number of halogens is 1. The third-order valence-corrected chi connectivity index (χ3v) is 2.07. The third-order valence-electron chi connectivity index (χ3n) is 1.83. The number of fused-ring (bicyclic) bond motifs is 1. The Bertz CT molecular complexity index is 340. The fraction of sp³-hybridized carbons (Fsp3) is 0.143. The van der Waals surface area contributed by atoms with E-state index in [0.717, 1.165) is 11.3 Å². The minimum absolute atomic E-state index is 0.559. The van der Waals surface area contributed by atoms with Crippen molar-refractivity contribution < 1.29 is 0 Å². The number of benzene rings is 1. The second-order valence-electron chi connectivity index (χ2n) is 2.70. The van der Waals surface area contributed by atoms with Crippen LogP contribution in [0.2, 0.25) is 5.02 Å². The van der Waals surface area contributed by atoms with Crippen molar-refractivity contribution in [2.45, 2.75) is 6.54 Å². The molecule has 68 valence electrons. The lowest BCUT2D eigenvalue weighted by Gasteiger charge is -2.26. The maximum absolute atomic E-state index is 6.80. The molecular weight excluding hydrogens is 190 g/mol. The number of rotatable bonds is 1. The lowest BCUT2D eigenvalue weighted by molar-refractivity contribution is 0.174. The highest BCUT2D eigenvalue weighted by molar-refractivity contribution is 6.30. The number of nitrogens with one attached hydrogen (secondary N) is 3. The molecule has 0 radical (unpaired) electrons. The van der Waals surface area contributed by atoms with Gasteiger partial charge in [0.05, 0.1) is 12.2 Å². The van der Waals surface area contributed by atoms with Crippen molar-refractivity contribution in [3.63, 3.8) is 0 Å². The molecule has 0 saturated heterocycles. The van der Waals surface area contributed by atoms with Gasteiger partial charge in [0.2, 0.25) is 0 Å². The van der Waals surface area contributed by atoms with Gasteiger partial charge in [-0.25, -0.2) is 0 Å². The van der Waals surface area contributed by atoms with E-state index in [2.05, 4.69) is 16.2 Å². The molecule has 0 amide bonds. The highest BCUT2D eigenvalue weighted by Crippen LogP contribution is 2.23. The highest BCUT2D eigenvalue weighted by atomic mass is 35.5. The van der Waals surface area contributed by atoms with Crippen LogP contribution in [0, 0.1) is 5.53 Å². The largest absolute Gasteiger partial charge is 0.302 e. The first-order valence-electron chi connectivity index (χ1n) is 3.74. The molecule has 0 spiro atoms. The van der Waals surface area contributed by atoms with Crippen molar-refractivity contribution in [1.82, 2.24) is 10.7 Å². The van der Waals surface area contributed by atoms with Crippen LogP contribution >= 0.6 is 11.6 Å². The van der Waals surface area contributed by atoms with Gasteiger partial charge in [-0.1, -0.05) is 22.9 Å². The molecule has 2 rings (SSSR count). The van der Waals surface area contributed by atoms with Crippen LogP contribution in [0.5, 0.6) is 0 Å². The highest BCUT2D eigenvalue weighted by Gasteiger charge is 2.13. The number of hydrazine groups is 2. The second kappa shape index (κ2) is 3.20. The Labute approximate surface area is 80.1 Å². The predicted octanol–water partition coefficient (Wildman–Crippen LogP) is 1.93. The fourth-order valence-corrected chi connectivity index (χ4v) is 1.36. The van der Waals surface area contributed by atoms with Crippen LogP contribution in [0.4, 0.5) is 5.69 Å². The van der Waals surface area contributed by atoms with E-state index in [1.807, 2.05) is 18.2 Å². The molecule has 13 heavy (non-hydrogen) atoms. The average Bonchev–Trinajstić information content (AvgIpc) is 2.17. The van der Waals surface area contributed by atoms with Crippen LogP contribution in [0.25, 0.3) is 0 Å². The topological polar surface area (TPSA) is 63.5 Å². The van der Waals surface area contributed by atoms with Gasteiger partial charge in [-0.3, -0.25) is 0 Å². The van der Waals surface area contributed by atoms with Crippen molar-refractivity contribution in [1.29, 1.82) is 5.53 Å². The van der Waals surface area contributed by atoms with E-state index in [1.54, 1.807) is 0 Å². The van der Waals surface area contributed by atoms with Crippen molar-refractivity contribution in [3.8, 4) is 0 Å². The summed E-state index contributed by atoms with van der Waals surface area (Å²) in [7, 11) is 0. The number of anilines is 1. The van der Waals surface area contributed by atoms with E-state index in [1.165, 1.54) is 5.12 Å². The molecule has 1 aliphatic rings.